The number of benzene rings is 1. The molecule has 0 radical (unpaired) electrons. The van der Waals surface area contributed by atoms with Crippen molar-refractivity contribution in [2.45, 2.75) is 45.1 Å². The molecule has 0 spiro atoms. The molecule has 1 aromatic rings. The maximum atomic E-state index is 12.6. The molecule has 2 rings (SSSR count). The zero-order valence-electron chi connectivity index (χ0n) is 13.6. The highest BCUT2D eigenvalue weighted by atomic mass is 16.2. The molecule has 1 heterocycles. The number of aryl methyl sites for hydroxylation is 1. The molecule has 0 unspecified atom stereocenters. The number of nitrogens with zero attached hydrogens (tertiary/aromatic N) is 2. The van der Waals surface area contributed by atoms with Crippen LogP contribution in [0.25, 0.3) is 0 Å². The monoisotopic (exact) mass is 288 g/mol. The fourth-order valence-electron chi connectivity index (χ4n) is 3.08. The lowest BCUT2D eigenvalue weighted by Crippen LogP contribution is -2.33. The van der Waals surface area contributed by atoms with Crippen molar-refractivity contribution >= 4 is 5.91 Å². The van der Waals surface area contributed by atoms with Crippen LogP contribution in [-0.4, -0.2) is 48.9 Å². The summed E-state index contributed by atoms with van der Waals surface area (Å²) in [6, 6.07) is 8.77. The van der Waals surface area contributed by atoms with Crippen LogP contribution in [0.15, 0.2) is 24.3 Å². The van der Waals surface area contributed by atoms with E-state index in [1.54, 1.807) is 0 Å². The largest absolute Gasteiger partial charge is 0.339 e. The van der Waals surface area contributed by atoms with Gasteiger partial charge in [-0.25, -0.2) is 0 Å². The third kappa shape index (κ3) is 4.31. The van der Waals surface area contributed by atoms with Crippen LogP contribution in [0.4, 0.5) is 0 Å². The maximum absolute atomic E-state index is 12.6. The van der Waals surface area contributed by atoms with Crippen LogP contribution in [0.3, 0.4) is 0 Å². The molecule has 21 heavy (non-hydrogen) atoms. The van der Waals surface area contributed by atoms with E-state index in [2.05, 4.69) is 38.1 Å². The highest BCUT2D eigenvalue weighted by molar-refractivity contribution is 5.94. The Morgan fingerprint density at radius 1 is 1.19 bits per heavy atom. The summed E-state index contributed by atoms with van der Waals surface area (Å²) in [7, 11) is 4.27. The van der Waals surface area contributed by atoms with E-state index in [0.29, 0.717) is 6.04 Å². The fraction of sp³-hybridized carbons (Fsp3) is 0.611. The minimum Gasteiger partial charge on any atom is -0.339 e. The number of hydrogen-bond acceptors (Lipinski definition) is 2. The van der Waals surface area contributed by atoms with Gasteiger partial charge in [-0.05, 0) is 57.5 Å². The topological polar surface area (TPSA) is 23.6 Å². The molecule has 3 nitrogen and oxygen atoms in total. The molecule has 0 aromatic heterocycles. The van der Waals surface area contributed by atoms with Gasteiger partial charge in [-0.2, -0.15) is 0 Å². The molecular formula is C18H28N2O. The molecule has 1 aliphatic heterocycles. The van der Waals surface area contributed by atoms with E-state index >= 15 is 0 Å². The SMILES string of the molecule is CCCc1ccc(C(=O)N2CCC[C@@H](N(C)C)CC2)cc1. The van der Waals surface area contributed by atoms with Crippen LogP contribution >= 0.6 is 0 Å². The van der Waals surface area contributed by atoms with Crippen LogP contribution < -0.4 is 0 Å². The lowest BCUT2D eigenvalue weighted by Gasteiger charge is -2.23. The van der Waals surface area contributed by atoms with Crippen molar-refractivity contribution in [2.24, 2.45) is 0 Å². The van der Waals surface area contributed by atoms with Gasteiger partial charge in [0.25, 0.3) is 5.91 Å². The Kier molecular flexibility index (Phi) is 5.80. The van der Waals surface area contributed by atoms with E-state index in [1.165, 1.54) is 12.0 Å². The van der Waals surface area contributed by atoms with Gasteiger partial charge in [0.1, 0.15) is 0 Å². The summed E-state index contributed by atoms with van der Waals surface area (Å²) < 4.78 is 0. The van der Waals surface area contributed by atoms with Gasteiger partial charge in [0.15, 0.2) is 0 Å². The Bertz CT molecular complexity index is 453. The summed E-state index contributed by atoms with van der Waals surface area (Å²) in [6.07, 6.45) is 5.59. The first-order valence-electron chi connectivity index (χ1n) is 8.16. The van der Waals surface area contributed by atoms with Gasteiger partial charge < -0.3 is 9.80 Å². The Labute approximate surface area is 128 Å². The summed E-state index contributed by atoms with van der Waals surface area (Å²) in [5, 5.41) is 0. The lowest BCUT2D eigenvalue weighted by atomic mass is 10.1. The number of carbonyl (C=O) groups is 1. The third-order valence-corrected chi connectivity index (χ3v) is 4.45. The van der Waals surface area contributed by atoms with Gasteiger partial charge in [0.05, 0.1) is 0 Å². The van der Waals surface area contributed by atoms with Crippen molar-refractivity contribution < 1.29 is 4.79 Å². The summed E-state index contributed by atoms with van der Waals surface area (Å²) >= 11 is 0. The summed E-state index contributed by atoms with van der Waals surface area (Å²) in [5.41, 5.74) is 2.15. The Hall–Kier alpha value is -1.35. The van der Waals surface area contributed by atoms with Crippen LogP contribution in [0.5, 0.6) is 0 Å². The maximum Gasteiger partial charge on any atom is 0.253 e. The van der Waals surface area contributed by atoms with Gasteiger partial charge in [-0.3, -0.25) is 4.79 Å². The van der Waals surface area contributed by atoms with Gasteiger partial charge in [-0.15, -0.1) is 0 Å². The van der Waals surface area contributed by atoms with Gasteiger partial charge in [0, 0.05) is 24.7 Å². The molecule has 0 bridgehead atoms. The minimum atomic E-state index is 0.192. The average molecular weight is 288 g/mol. The predicted octanol–water partition coefficient (Wildman–Crippen LogP) is 3.20. The summed E-state index contributed by atoms with van der Waals surface area (Å²) in [4.78, 5) is 16.9. The highest BCUT2D eigenvalue weighted by Gasteiger charge is 2.22. The number of amides is 1. The van der Waals surface area contributed by atoms with Gasteiger partial charge >= 0.3 is 0 Å². The average Bonchev–Trinajstić information content (AvgIpc) is 2.73. The zero-order valence-corrected chi connectivity index (χ0v) is 13.6. The van der Waals surface area contributed by atoms with E-state index in [4.69, 9.17) is 0 Å². The minimum absolute atomic E-state index is 0.192. The highest BCUT2D eigenvalue weighted by Crippen LogP contribution is 2.17. The molecule has 3 heteroatoms. The van der Waals surface area contributed by atoms with Crippen molar-refractivity contribution in [2.75, 3.05) is 27.2 Å². The first-order valence-corrected chi connectivity index (χ1v) is 8.16. The number of rotatable bonds is 4. The van der Waals surface area contributed by atoms with Crippen molar-refractivity contribution in [1.29, 1.82) is 0 Å². The summed E-state index contributed by atoms with van der Waals surface area (Å²) in [5.74, 6) is 0.192. The first-order chi connectivity index (χ1) is 10.1. The molecule has 1 saturated heterocycles. The van der Waals surface area contributed by atoms with E-state index in [0.717, 1.165) is 44.3 Å². The molecule has 0 saturated carbocycles. The van der Waals surface area contributed by atoms with Crippen LogP contribution in [-0.2, 0) is 6.42 Å². The Balaban J connectivity index is 1.99. The van der Waals surface area contributed by atoms with Crippen molar-refractivity contribution in [3.05, 3.63) is 35.4 Å². The Morgan fingerprint density at radius 2 is 1.90 bits per heavy atom. The van der Waals surface area contributed by atoms with Crippen LogP contribution in [0.1, 0.15) is 48.5 Å². The third-order valence-electron chi connectivity index (χ3n) is 4.45. The van der Waals surface area contributed by atoms with E-state index < -0.39 is 0 Å². The molecule has 116 valence electrons. The predicted molar refractivity (Wildman–Crippen MR) is 87.7 cm³/mol. The zero-order chi connectivity index (χ0) is 15.2. The van der Waals surface area contributed by atoms with Crippen molar-refractivity contribution in [1.82, 2.24) is 9.80 Å². The van der Waals surface area contributed by atoms with Crippen molar-refractivity contribution in [3.8, 4) is 0 Å². The van der Waals surface area contributed by atoms with Crippen LogP contribution in [0.2, 0.25) is 0 Å². The Morgan fingerprint density at radius 3 is 2.52 bits per heavy atom. The fourth-order valence-corrected chi connectivity index (χ4v) is 3.08. The second-order valence-corrected chi connectivity index (χ2v) is 6.29. The number of hydrogen-bond donors (Lipinski definition) is 0. The molecule has 1 aromatic carbocycles. The second-order valence-electron chi connectivity index (χ2n) is 6.29. The first kappa shape index (κ1) is 16.0. The summed E-state index contributed by atoms with van der Waals surface area (Å²) in [6.45, 7) is 3.94. The standard InChI is InChI=1S/C18H28N2O/c1-4-6-15-8-10-16(11-9-15)18(21)20-13-5-7-17(12-14-20)19(2)3/h8-11,17H,4-7,12-14H2,1-3H3/t17-/m1/s1. The number of likely N-dealkylation sites (tertiary alicyclic amines) is 1. The van der Waals surface area contributed by atoms with Crippen molar-refractivity contribution in [3.63, 3.8) is 0 Å². The second kappa shape index (κ2) is 7.60. The van der Waals surface area contributed by atoms with Gasteiger partial charge in [0.2, 0.25) is 0 Å². The smallest absolute Gasteiger partial charge is 0.253 e. The van der Waals surface area contributed by atoms with Gasteiger partial charge in [-0.1, -0.05) is 25.5 Å². The molecule has 0 aliphatic carbocycles. The quantitative estimate of drug-likeness (QED) is 0.849. The van der Waals surface area contributed by atoms with E-state index in [-0.39, 0.29) is 5.91 Å². The normalized spacial score (nSPS) is 19.6. The van der Waals surface area contributed by atoms with E-state index in [9.17, 15) is 4.79 Å². The molecule has 1 atom stereocenters. The molecule has 1 aliphatic rings. The van der Waals surface area contributed by atoms with Crippen LogP contribution in [0, 0.1) is 0 Å². The lowest BCUT2D eigenvalue weighted by molar-refractivity contribution is 0.0758. The van der Waals surface area contributed by atoms with E-state index in [1.807, 2.05) is 17.0 Å². The molecule has 0 N–H and O–H groups in total. The molecular weight excluding hydrogens is 260 g/mol. The molecule has 1 amide bonds. The number of carbonyl (C=O) groups excluding carboxylic acids is 1. The molecule has 1 fully saturated rings.